The fraction of sp³-hybridized carbons (Fsp3) is 0.0217. The van der Waals surface area contributed by atoms with E-state index in [-0.39, 0.29) is 61.9 Å². The highest BCUT2D eigenvalue weighted by Gasteiger charge is 2.14. The van der Waals surface area contributed by atoms with Gasteiger partial charge in [-0.3, -0.25) is 14.4 Å². The maximum atomic E-state index is 12.4. The molecule has 0 aliphatic rings. The first kappa shape index (κ1) is 38.8. The average molecular weight is 793 g/mol. The van der Waals surface area contributed by atoms with Gasteiger partial charge in [0.15, 0.2) is 10.9 Å². The van der Waals surface area contributed by atoms with E-state index in [0.717, 1.165) is 17.4 Å². The molecule has 0 saturated carbocycles. The standard InChI is InChI=1S/C16H12O4.C15H10O5.C15H10O4/c1-19-12-5-2-10(3-6-12)14-9-20-15-8-11(17)4-7-13(15)16(14)18;16-9-3-1-8(2-4-9)11-7-20-13-6-10(17)5-12(18)14(13)15(11)19;16-10-3-1-9(2-4-10)13-8-19-14-7-11(17)5-6-12(14)15(13)18/h2-9,17H,1H3;1-7,16-18H;1-8,16-17H. The van der Waals surface area contributed by atoms with E-state index >= 15 is 0 Å². The van der Waals surface area contributed by atoms with Crippen LogP contribution in [-0.4, -0.2) is 37.7 Å². The van der Waals surface area contributed by atoms with Crippen LogP contribution in [0, 0.1) is 0 Å². The summed E-state index contributed by atoms with van der Waals surface area (Å²) in [5, 5.41) is 57.2. The van der Waals surface area contributed by atoms with Crippen LogP contribution in [0.15, 0.2) is 168 Å². The summed E-state index contributed by atoms with van der Waals surface area (Å²) >= 11 is 0. The van der Waals surface area contributed by atoms with Crippen LogP contribution in [0.4, 0.5) is 0 Å². The van der Waals surface area contributed by atoms with Gasteiger partial charge in [-0.1, -0.05) is 36.4 Å². The molecule has 9 aromatic rings. The van der Waals surface area contributed by atoms with Gasteiger partial charge in [0, 0.05) is 24.3 Å². The number of aromatic hydroxyl groups is 6. The molecule has 3 heterocycles. The number of hydrogen-bond acceptors (Lipinski definition) is 13. The number of rotatable bonds is 4. The molecule has 0 bridgehead atoms. The summed E-state index contributed by atoms with van der Waals surface area (Å²) < 4.78 is 21.2. The molecule has 0 unspecified atom stereocenters. The summed E-state index contributed by atoms with van der Waals surface area (Å²) in [5.74, 6) is 0.546. The fourth-order valence-corrected chi connectivity index (χ4v) is 6.10. The topological polar surface area (TPSA) is 221 Å². The van der Waals surface area contributed by atoms with E-state index in [1.807, 2.05) is 0 Å². The predicted molar refractivity (Wildman–Crippen MR) is 220 cm³/mol. The summed E-state index contributed by atoms with van der Waals surface area (Å²) in [6.07, 6.45) is 4.03. The Bertz CT molecular complexity index is 3140. The Morgan fingerprint density at radius 2 is 0.780 bits per heavy atom. The molecule has 0 amide bonds. The number of methoxy groups -OCH3 is 1. The summed E-state index contributed by atoms with van der Waals surface area (Å²) in [6.45, 7) is 0. The number of fused-ring (bicyclic) bond motifs is 3. The molecular weight excluding hydrogens is 760 g/mol. The van der Waals surface area contributed by atoms with Crippen LogP contribution in [0.3, 0.4) is 0 Å². The lowest BCUT2D eigenvalue weighted by molar-refractivity contribution is 0.415. The highest BCUT2D eigenvalue weighted by Crippen LogP contribution is 2.30. The SMILES string of the molecule is COc1ccc(-c2coc3cc(O)ccc3c2=O)cc1.O=c1c(-c2ccc(O)cc2)coc2cc(O)cc(O)c12.O=c1c(-c2ccc(O)cc2)coc2cc(O)ccc12. The van der Waals surface area contributed by atoms with Crippen molar-refractivity contribution in [3.8, 4) is 73.6 Å². The van der Waals surface area contributed by atoms with Gasteiger partial charge in [0.05, 0.1) is 34.6 Å². The molecule has 6 N–H and O–H groups in total. The van der Waals surface area contributed by atoms with E-state index in [4.69, 9.17) is 18.0 Å². The summed E-state index contributed by atoms with van der Waals surface area (Å²) in [4.78, 5) is 37.1. The lowest BCUT2D eigenvalue weighted by atomic mass is 10.0. The van der Waals surface area contributed by atoms with Crippen LogP contribution < -0.4 is 21.0 Å². The van der Waals surface area contributed by atoms with Gasteiger partial charge < -0.3 is 48.6 Å². The summed E-state index contributed by atoms with van der Waals surface area (Å²) in [6, 6.07) is 30.7. The van der Waals surface area contributed by atoms with Crippen molar-refractivity contribution in [2.75, 3.05) is 7.11 Å². The van der Waals surface area contributed by atoms with Gasteiger partial charge in [-0.25, -0.2) is 0 Å². The van der Waals surface area contributed by atoms with Crippen molar-refractivity contribution in [2.24, 2.45) is 0 Å². The molecule has 3 aromatic heterocycles. The Balaban J connectivity index is 0.000000134. The van der Waals surface area contributed by atoms with Crippen molar-refractivity contribution in [1.82, 2.24) is 0 Å². The van der Waals surface area contributed by atoms with E-state index in [2.05, 4.69) is 0 Å². The third-order valence-electron chi connectivity index (χ3n) is 9.12. The zero-order chi connectivity index (χ0) is 41.8. The van der Waals surface area contributed by atoms with E-state index in [1.165, 1.54) is 79.5 Å². The van der Waals surface area contributed by atoms with Crippen LogP contribution in [0.5, 0.6) is 40.2 Å². The van der Waals surface area contributed by atoms with E-state index in [1.54, 1.807) is 61.7 Å². The molecule has 6 aromatic carbocycles. The monoisotopic (exact) mass is 792 g/mol. The smallest absolute Gasteiger partial charge is 0.204 e. The first-order chi connectivity index (χ1) is 28.4. The number of benzene rings is 6. The minimum absolute atomic E-state index is 0.00775. The highest BCUT2D eigenvalue weighted by molar-refractivity contribution is 5.88. The summed E-state index contributed by atoms with van der Waals surface area (Å²) in [7, 11) is 1.59. The number of hydrogen-bond donors (Lipinski definition) is 6. The molecule has 9 rings (SSSR count). The summed E-state index contributed by atoms with van der Waals surface area (Å²) in [5.41, 5.74) is 3.25. The largest absolute Gasteiger partial charge is 0.508 e. The third kappa shape index (κ3) is 8.25. The molecule has 0 aliphatic heterocycles. The molecule has 0 atom stereocenters. The van der Waals surface area contributed by atoms with E-state index < -0.39 is 5.43 Å². The molecule has 294 valence electrons. The first-order valence-electron chi connectivity index (χ1n) is 17.6. The maximum Gasteiger partial charge on any atom is 0.204 e. The lowest BCUT2D eigenvalue weighted by Gasteiger charge is -2.05. The Morgan fingerprint density at radius 3 is 1.22 bits per heavy atom. The normalized spacial score (nSPS) is 10.7. The zero-order valence-corrected chi connectivity index (χ0v) is 30.8. The molecule has 0 saturated heterocycles. The van der Waals surface area contributed by atoms with Gasteiger partial charge in [0.2, 0.25) is 5.43 Å². The maximum absolute atomic E-state index is 12.4. The van der Waals surface area contributed by atoms with Crippen LogP contribution in [0.2, 0.25) is 0 Å². The van der Waals surface area contributed by atoms with Gasteiger partial charge >= 0.3 is 0 Å². The van der Waals surface area contributed by atoms with Crippen LogP contribution in [0.1, 0.15) is 0 Å². The van der Waals surface area contributed by atoms with E-state index in [0.29, 0.717) is 44.2 Å². The second-order valence-corrected chi connectivity index (χ2v) is 13.0. The number of phenols is 6. The van der Waals surface area contributed by atoms with Crippen molar-refractivity contribution in [1.29, 1.82) is 0 Å². The predicted octanol–water partition coefficient (Wildman–Crippen LogP) is 8.62. The van der Waals surface area contributed by atoms with Gasteiger partial charge in [-0.2, -0.15) is 0 Å². The van der Waals surface area contributed by atoms with Crippen molar-refractivity contribution >= 4 is 32.9 Å². The Hall–Kier alpha value is -8.45. The molecular formula is C46H32O13. The van der Waals surface area contributed by atoms with Crippen molar-refractivity contribution in [3.05, 3.63) is 171 Å². The highest BCUT2D eigenvalue weighted by atomic mass is 16.5. The second-order valence-electron chi connectivity index (χ2n) is 13.0. The quantitative estimate of drug-likeness (QED) is 0.0984. The third-order valence-corrected chi connectivity index (χ3v) is 9.12. The van der Waals surface area contributed by atoms with Gasteiger partial charge in [0.1, 0.15) is 81.2 Å². The Morgan fingerprint density at radius 1 is 0.407 bits per heavy atom. The molecule has 13 nitrogen and oxygen atoms in total. The molecule has 0 spiro atoms. The fourth-order valence-electron chi connectivity index (χ4n) is 6.10. The second kappa shape index (κ2) is 16.3. The molecule has 59 heavy (non-hydrogen) atoms. The number of phenolic OH excluding ortho intramolecular Hbond substituents is 6. The van der Waals surface area contributed by atoms with Gasteiger partial charge in [0.25, 0.3) is 0 Å². The van der Waals surface area contributed by atoms with Crippen LogP contribution >= 0.6 is 0 Å². The molecule has 0 aliphatic carbocycles. The average Bonchev–Trinajstić information content (AvgIpc) is 3.22. The zero-order valence-electron chi connectivity index (χ0n) is 30.8. The lowest BCUT2D eigenvalue weighted by Crippen LogP contribution is -2.04. The Kier molecular flexibility index (Phi) is 10.7. The number of ether oxygens (including phenoxy) is 1. The van der Waals surface area contributed by atoms with Crippen LogP contribution in [-0.2, 0) is 0 Å². The molecule has 0 radical (unpaired) electrons. The van der Waals surface area contributed by atoms with Crippen LogP contribution in [0.25, 0.3) is 66.3 Å². The molecule has 13 heteroatoms. The van der Waals surface area contributed by atoms with E-state index in [9.17, 15) is 45.0 Å². The Labute approximate surface area is 332 Å². The molecule has 0 fully saturated rings. The van der Waals surface area contributed by atoms with Gasteiger partial charge in [-0.05, 0) is 77.4 Å². The van der Waals surface area contributed by atoms with Gasteiger partial charge in [-0.15, -0.1) is 0 Å². The first-order valence-corrected chi connectivity index (χ1v) is 17.6. The van der Waals surface area contributed by atoms with Crippen molar-refractivity contribution in [2.45, 2.75) is 0 Å². The van der Waals surface area contributed by atoms with Crippen molar-refractivity contribution < 1.29 is 48.6 Å². The minimum Gasteiger partial charge on any atom is -0.508 e. The minimum atomic E-state index is -0.408. The van der Waals surface area contributed by atoms with Crippen molar-refractivity contribution in [3.63, 3.8) is 0 Å².